The van der Waals surface area contributed by atoms with E-state index in [1.807, 2.05) is 0 Å². The van der Waals surface area contributed by atoms with Crippen molar-refractivity contribution in [3.63, 3.8) is 0 Å². The molecular formula is C13H22N2O3. The molecule has 0 radical (unpaired) electrons. The Labute approximate surface area is 108 Å². The fourth-order valence-corrected chi connectivity index (χ4v) is 2.53. The Balaban J connectivity index is 2.48. The van der Waals surface area contributed by atoms with Crippen molar-refractivity contribution >= 4 is 12.0 Å². The predicted octanol–water partition coefficient (Wildman–Crippen LogP) is 1.90. The molecule has 0 spiro atoms. The minimum Gasteiger partial charge on any atom is -0.481 e. The van der Waals surface area contributed by atoms with Crippen molar-refractivity contribution in [1.82, 2.24) is 10.6 Å². The molecule has 0 aromatic carbocycles. The molecule has 1 rings (SSSR count). The summed E-state index contributed by atoms with van der Waals surface area (Å²) in [7, 11) is 0. The Morgan fingerprint density at radius 2 is 1.89 bits per heavy atom. The van der Waals surface area contributed by atoms with E-state index in [0.29, 0.717) is 13.1 Å². The predicted molar refractivity (Wildman–Crippen MR) is 69.4 cm³/mol. The van der Waals surface area contributed by atoms with Crippen LogP contribution >= 0.6 is 0 Å². The summed E-state index contributed by atoms with van der Waals surface area (Å²) in [5.41, 5.74) is -0.268. The Morgan fingerprint density at radius 3 is 2.44 bits per heavy atom. The smallest absolute Gasteiger partial charge is 0.315 e. The summed E-state index contributed by atoms with van der Waals surface area (Å²) in [4.78, 5) is 22.4. The average Bonchev–Trinajstić information content (AvgIpc) is 2.34. The molecule has 18 heavy (non-hydrogen) atoms. The van der Waals surface area contributed by atoms with Crippen molar-refractivity contribution in [2.24, 2.45) is 5.41 Å². The van der Waals surface area contributed by atoms with Crippen molar-refractivity contribution in [1.29, 1.82) is 0 Å². The number of aliphatic carboxylic acids is 1. The first-order valence-electron chi connectivity index (χ1n) is 6.42. The molecule has 1 aliphatic carbocycles. The molecular weight excluding hydrogens is 232 g/mol. The zero-order valence-electron chi connectivity index (χ0n) is 10.7. The second kappa shape index (κ2) is 7.03. The standard InChI is InChI=1S/C13H22N2O3/c1-2-8-14-12(18)15-10-13(9-11(16)17)6-4-3-5-7-13/h2H,1,3-10H2,(H,16,17)(H2,14,15,18). The number of carboxylic acid groups (broad SMARTS) is 1. The van der Waals surface area contributed by atoms with Crippen LogP contribution in [0, 0.1) is 5.41 Å². The normalized spacial score (nSPS) is 17.8. The summed E-state index contributed by atoms with van der Waals surface area (Å²) in [6.45, 7) is 4.36. The van der Waals surface area contributed by atoms with Gasteiger partial charge in [0.2, 0.25) is 0 Å². The third-order valence-electron chi connectivity index (χ3n) is 3.47. The van der Waals surface area contributed by atoms with Crippen molar-refractivity contribution < 1.29 is 14.7 Å². The van der Waals surface area contributed by atoms with Gasteiger partial charge in [0.05, 0.1) is 6.42 Å². The topological polar surface area (TPSA) is 78.4 Å². The molecule has 0 aromatic heterocycles. The van der Waals surface area contributed by atoms with Gasteiger partial charge in [0.1, 0.15) is 0 Å². The lowest BCUT2D eigenvalue weighted by atomic mass is 9.72. The van der Waals surface area contributed by atoms with Gasteiger partial charge in [-0.15, -0.1) is 6.58 Å². The van der Waals surface area contributed by atoms with E-state index in [-0.39, 0.29) is 17.9 Å². The van der Waals surface area contributed by atoms with E-state index >= 15 is 0 Å². The lowest BCUT2D eigenvalue weighted by molar-refractivity contribution is -0.140. The Morgan fingerprint density at radius 1 is 1.22 bits per heavy atom. The van der Waals surface area contributed by atoms with Crippen LogP contribution in [-0.2, 0) is 4.79 Å². The number of hydrogen-bond donors (Lipinski definition) is 3. The summed E-state index contributed by atoms with van der Waals surface area (Å²) in [5.74, 6) is -0.787. The molecule has 1 fully saturated rings. The molecule has 3 N–H and O–H groups in total. The fraction of sp³-hybridized carbons (Fsp3) is 0.692. The monoisotopic (exact) mass is 254 g/mol. The van der Waals surface area contributed by atoms with Crippen LogP contribution in [0.15, 0.2) is 12.7 Å². The van der Waals surface area contributed by atoms with Gasteiger partial charge in [-0.3, -0.25) is 4.79 Å². The minimum atomic E-state index is -0.787. The third-order valence-corrected chi connectivity index (χ3v) is 3.47. The van der Waals surface area contributed by atoms with Gasteiger partial charge in [-0.05, 0) is 18.3 Å². The highest BCUT2D eigenvalue weighted by molar-refractivity contribution is 5.74. The number of urea groups is 1. The SMILES string of the molecule is C=CCNC(=O)NCC1(CC(=O)O)CCCCC1. The maximum atomic E-state index is 11.5. The molecule has 0 atom stereocenters. The Kier molecular flexibility index (Phi) is 5.68. The number of carbonyl (C=O) groups is 2. The average molecular weight is 254 g/mol. The van der Waals surface area contributed by atoms with Crippen LogP contribution in [0.25, 0.3) is 0 Å². The molecule has 0 bridgehead atoms. The van der Waals surface area contributed by atoms with E-state index in [1.165, 1.54) is 0 Å². The molecule has 0 heterocycles. The van der Waals surface area contributed by atoms with E-state index in [0.717, 1.165) is 32.1 Å². The minimum absolute atomic E-state index is 0.134. The maximum Gasteiger partial charge on any atom is 0.315 e. The lowest BCUT2D eigenvalue weighted by Crippen LogP contribution is -2.44. The largest absolute Gasteiger partial charge is 0.481 e. The first kappa shape index (κ1) is 14.5. The van der Waals surface area contributed by atoms with E-state index in [9.17, 15) is 9.59 Å². The van der Waals surface area contributed by atoms with Crippen LogP contribution in [0.1, 0.15) is 38.5 Å². The van der Waals surface area contributed by atoms with Gasteiger partial charge in [0.15, 0.2) is 0 Å². The van der Waals surface area contributed by atoms with Crippen LogP contribution in [0.2, 0.25) is 0 Å². The Hall–Kier alpha value is -1.52. The zero-order valence-corrected chi connectivity index (χ0v) is 10.7. The van der Waals surface area contributed by atoms with Gasteiger partial charge in [-0.2, -0.15) is 0 Å². The highest BCUT2D eigenvalue weighted by Gasteiger charge is 2.34. The van der Waals surface area contributed by atoms with Crippen molar-refractivity contribution in [2.75, 3.05) is 13.1 Å². The molecule has 2 amide bonds. The van der Waals surface area contributed by atoms with Crippen LogP contribution < -0.4 is 10.6 Å². The zero-order chi connectivity index (χ0) is 13.4. The molecule has 0 aliphatic heterocycles. The Bertz CT molecular complexity index is 309. The van der Waals surface area contributed by atoms with Gasteiger partial charge in [0.25, 0.3) is 0 Å². The molecule has 0 saturated heterocycles. The number of carboxylic acids is 1. The van der Waals surface area contributed by atoms with Gasteiger partial charge in [-0.25, -0.2) is 4.79 Å². The van der Waals surface area contributed by atoms with E-state index in [2.05, 4.69) is 17.2 Å². The number of amides is 2. The number of carbonyl (C=O) groups excluding carboxylic acids is 1. The van der Waals surface area contributed by atoms with E-state index in [1.54, 1.807) is 6.08 Å². The molecule has 0 aromatic rings. The van der Waals surface area contributed by atoms with Crippen LogP contribution in [0.4, 0.5) is 4.79 Å². The van der Waals surface area contributed by atoms with Gasteiger partial charge < -0.3 is 15.7 Å². The molecule has 5 heteroatoms. The van der Waals surface area contributed by atoms with Gasteiger partial charge >= 0.3 is 12.0 Å². The second-order valence-corrected chi connectivity index (χ2v) is 4.98. The van der Waals surface area contributed by atoms with Crippen LogP contribution in [-0.4, -0.2) is 30.2 Å². The summed E-state index contributed by atoms with van der Waals surface area (Å²) < 4.78 is 0. The maximum absolute atomic E-state index is 11.5. The van der Waals surface area contributed by atoms with Crippen molar-refractivity contribution in [3.8, 4) is 0 Å². The van der Waals surface area contributed by atoms with Gasteiger partial charge in [0, 0.05) is 13.1 Å². The highest BCUT2D eigenvalue weighted by Crippen LogP contribution is 2.38. The van der Waals surface area contributed by atoms with Crippen molar-refractivity contribution in [2.45, 2.75) is 38.5 Å². The third kappa shape index (κ3) is 4.77. The quantitative estimate of drug-likeness (QED) is 0.633. The molecule has 5 nitrogen and oxygen atoms in total. The van der Waals surface area contributed by atoms with Crippen LogP contribution in [0.5, 0.6) is 0 Å². The summed E-state index contributed by atoms with van der Waals surface area (Å²) >= 11 is 0. The molecule has 0 unspecified atom stereocenters. The van der Waals surface area contributed by atoms with Crippen molar-refractivity contribution in [3.05, 3.63) is 12.7 Å². The molecule has 102 valence electrons. The van der Waals surface area contributed by atoms with Gasteiger partial charge in [-0.1, -0.05) is 25.3 Å². The fourth-order valence-electron chi connectivity index (χ4n) is 2.53. The van der Waals surface area contributed by atoms with E-state index < -0.39 is 5.97 Å². The molecule has 1 aliphatic rings. The van der Waals surface area contributed by atoms with E-state index in [4.69, 9.17) is 5.11 Å². The molecule has 1 saturated carbocycles. The summed E-state index contributed by atoms with van der Waals surface area (Å²) in [6.07, 6.45) is 6.74. The first-order valence-corrected chi connectivity index (χ1v) is 6.42. The lowest BCUT2D eigenvalue weighted by Gasteiger charge is -2.36. The highest BCUT2D eigenvalue weighted by atomic mass is 16.4. The first-order chi connectivity index (χ1) is 8.58. The second-order valence-electron chi connectivity index (χ2n) is 4.98. The summed E-state index contributed by atoms with van der Waals surface area (Å²) in [5, 5.41) is 14.4. The number of nitrogens with one attached hydrogen (secondary N) is 2. The van der Waals surface area contributed by atoms with Crippen LogP contribution in [0.3, 0.4) is 0 Å². The summed E-state index contributed by atoms with van der Waals surface area (Å²) in [6, 6.07) is -0.259. The number of rotatable bonds is 6. The number of hydrogen-bond acceptors (Lipinski definition) is 2.